The zero-order valence-corrected chi connectivity index (χ0v) is 13.0. The van der Waals surface area contributed by atoms with Gasteiger partial charge in [0.05, 0.1) is 11.1 Å². The highest BCUT2D eigenvalue weighted by Crippen LogP contribution is 2.22. The largest absolute Gasteiger partial charge is 0.481 e. The molecule has 0 atom stereocenters. The fourth-order valence-corrected chi connectivity index (χ4v) is 2.12. The third-order valence-corrected chi connectivity index (χ3v) is 3.63. The lowest BCUT2D eigenvalue weighted by Gasteiger charge is -2.23. The first-order chi connectivity index (χ1) is 9.35. The first-order valence-electron chi connectivity index (χ1n) is 7.23. The Morgan fingerprint density at radius 3 is 2.65 bits per heavy atom. The molecule has 1 heterocycles. The smallest absolute Gasteiger partial charge is 0.309 e. The summed E-state index contributed by atoms with van der Waals surface area (Å²) in [6, 6.07) is 6.06. The van der Waals surface area contributed by atoms with E-state index in [4.69, 9.17) is 5.11 Å². The molecule has 0 unspecified atom stereocenters. The number of hydrogen-bond donors (Lipinski definition) is 1. The maximum Gasteiger partial charge on any atom is 0.309 e. The van der Waals surface area contributed by atoms with Gasteiger partial charge in [0.25, 0.3) is 0 Å². The average molecular weight is 278 g/mol. The summed E-state index contributed by atoms with van der Waals surface area (Å²) in [5, 5.41) is 9.11. The molecule has 1 aromatic heterocycles. The Hall–Kier alpha value is -1.42. The van der Waals surface area contributed by atoms with E-state index in [0.717, 1.165) is 37.4 Å². The molecule has 0 aromatic carbocycles. The Balaban J connectivity index is 2.46. The Labute approximate surface area is 121 Å². The van der Waals surface area contributed by atoms with Crippen LogP contribution in [0.5, 0.6) is 0 Å². The Morgan fingerprint density at radius 1 is 1.40 bits per heavy atom. The highest BCUT2D eigenvalue weighted by molar-refractivity contribution is 5.73. The quantitative estimate of drug-likeness (QED) is 0.794. The van der Waals surface area contributed by atoms with E-state index in [9.17, 15) is 4.79 Å². The van der Waals surface area contributed by atoms with Gasteiger partial charge in [-0.2, -0.15) is 0 Å². The second kappa shape index (κ2) is 7.39. The van der Waals surface area contributed by atoms with Crippen molar-refractivity contribution in [2.45, 2.75) is 47.1 Å². The van der Waals surface area contributed by atoms with Crippen molar-refractivity contribution in [3.05, 3.63) is 29.6 Å². The van der Waals surface area contributed by atoms with Gasteiger partial charge >= 0.3 is 5.97 Å². The van der Waals surface area contributed by atoms with Crippen molar-refractivity contribution in [3.63, 3.8) is 0 Å². The van der Waals surface area contributed by atoms with Gasteiger partial charge in [-0.3, -0.25) is 14.7 Å². The van der Waals surface area contributed by atoms with Crippen molar-refractivity contribution < 1.29 is 9.90 Å². The number of aromatic nitrogens is 1. The van der Waals surface area contributed by atoms with E-state index in [2.05, 4.69) is 16.8 Å². The first-order valence-corrected chi connectivity index (χ1v) is 7.23. The van der Waals surface area contributed by atoms with Crippen LogP contribution in [0.2, 0.25) is 0 Å². The van der Waals surface area contributed by atoms with Crippen LogP contribution in [0.3, 0.4) is 0 Å². The van der Waals surface area contributed by atoms with Crippen LogP contribution in [0.1, 0.15) is 45.0 Å². The summed E-state index contributed by atoms with van der Waals surface area (Å²) < 4.78 is 0. The molecule has 1 aromatic rings. The van der Waals surface area contributed by atoms with Crippen molar-refractivity contribution >= 4 is 5.97 Å². The molecule has 112 valence electrons. The lowest BCUT2D eigenvalue weighted by Crippen LogP contribution is -2.28. The molecule has 1 rings (SSSR count). The molecule has 0 radical (unpaired) electrons. The minimum Gasteiger partial charge on any atom is -0.481 e. The Kier molecular flexibility index (Phi) is 6.14. The second-order valence-electron chi connectivity index (χ2n) is 5.93. The summed E-state index contributed by atoms with van der Waals surface area (Å²) in [5.74, 6) is -0.721. The van der Waals surface area contributed by atoms with Crippen LogP contribution in [-0.2, 0) is 11.3 Å². The maximum atomic E-state index is 11.1. The van der Waals surface area contributed by atoms with Gasteiger partial charge in [-0.25, -0.2) is 0 Å². The molecule has 1 N–H and O–H groups in total. The number of aryl methyl sites for hydroxylation is 1. The van der Waals surface area contributed by atoms with Crippen molar-refractivity contribution in [1.29, 1.82) is 0 Å². The van der Waals surface area contributed by atoms with Crippen LogP contribution in [0.25, 0.3) is 0 Å². The molecule has 0 aliphatic rings. The predicted octanol–water partition coefficient (Wildman–Crippen LogP) is 3.10. The highest BCUT2D eigenvalue weighted by atomic mass is 16.4. The van der Waals surface area contributed by atoms with Gasteiger partial charge in [0, 0.05) is 12.2 Å². The summed E-state index contributed by atoms with van der Waals surface area (Å²) >= 11 is 0. The molecule has 0 spiro atoms. The lowest BCUT2D eigenvalue weighted by atomic mass is 9.88. The Morgan fingerprint density at radius 2 is 2.10 bits per heavy atom. The average Bonchev–Trinajstić information content (AvgIpc) is 2.37. The minimum atomic E-state index is -0.721. The van der Waals surface area contributed by atoms with Gasteiger partial charge in [-0.05, 0) is 58.8 Å². The van der Waals surface area contributed by atoms with Gasteiger partial charge in [0.15, 0.2) is 0 Å². The number of rotatable bonds is 8. The van der Waals surface area contributed by atoms with Crippen molar-refractivity contribution in [1.82, 2.24) is 9.88 Å². The molecule has 0 amide bonds. The lowest BCUT2D eigenvalue weighted by molar-refractivity contribution is -0.147. The number of carboxylic acid groups (broad SMARTS) is 1. The van der Waals surface area contributed by atoms with Gasteiger partial charge in [-0.1, -0.05) is 13.0 Å². The van der Waals surface area contributed by atoms with Crippen LogP contribution in [0, 0.1) is 12.3 Å². The summed E-state index contributed by atoms with van der Waals surface area (Å²) in [6.45, 7) is 10.4. The van der Waals surface area contributed by atoms with Crippen LogP contribution in [-0.4, -0.2) is 34.0 Å². The standard InChI is InChI=1S/C16H26N2O2/c1-5-18(11-7-10-16(3,4)15(19)20)12-14-9-6-8-13(2)17-14/h6,8-9H,5,7,10-12H2,1-4H3,(H,19,20). The molecule has 0 saturated carbocycles. The maximum absolute atomic E-state index is 11.1. The molecular weight excluding hydrogens is 252 g/mol. The zero-order chi connectivity index (χ0) is 15.2. The number of hydrogen-bond acceptors (Lipinski definition) is 3. The minimum absolute atomic E-state index is 0.638. The van der Waals surface area contributed by atoms with Crippen LogP contribution in [0.15, 0.2) is 18.2 Å². The molecule has 0 saturated heterocycles. The molecule has 4 heteroatoms. The van der Waals surface area contributed by atoms with Gasteiger partial charge in [0.1, 0.15) is 0 Å². The number of carbonyl (C=O) groups is 1. The molecule has 0 bridgehead atoms. The van der Waals surface area contributed by atoms with Gasteiger partial charge in [-0.15, -0.1) is 0 Å². The van der Waals surface area contributed by atoms with Crippen molar-refractivity contribution in [2.24, 2.45) is 5.41 Å². The van der Waals surface area contributed by atoms with E-state index in [1.54, 1.807) is 13.8 Å². The van der Waals surface area contributed by atoms with Gasteiger partial charge < -0.3 is 5.11 Å². The van der Waals surface area contributed by atoms with Crippen LogP contribution >= 0.6 is 0 Å². The monoisotopic (exact) mass is 278 g/mol. The van der Waals surface area contributed by atoms with Crippen molar-refractivity contribution in [2.75, 3.05) is 13.1 Å². The number of carboxylic acids is 1. The molecule has 20 heavy (non-hydrogen) atoms. The molecule has 0 fully saturated rings. The topological polar surface area (TPSA) is 53.4 Å². The predicted molar refractivity (Wildman–Crippen MR) is 80.6 cm³/mol. The van der Waals surface area contributed by atoms with Crippen molar-refractivity contribution in [3.8, 4) is 0 Å². The van der Waals surface area contributed by atoms with E-state index in [-0.39, 0.29) is 0 Å². The Bertz CT molecular complexity index is 444. The van der Waals surface area contributed by atoms with Crippen LogP contribution in [0.4, 0.5) is 0 Å². The van der Waals surface area contributed by atoms with E-state index in [1.807, 2.05) is 25.1 Å². The molecule has 0 aliphatic heterocycles. The SMILES string of the molecule is CCN(CCCC(C)(C)C(=O)O)Cc1cccc(C)n1. The summed E-state index contributed by atoms with van der Waals surface area (Å²) in [6.07, 6.45) is 1.58. The zero-order valence-electron chi connectivity index (χ0n) is 13.0. The van der Waals surface area contributed by atoms with E-state index >= 15 is 0 Å². The number of aliphatic carboxylic acids is 1. The summed E-state index contributed by atoms with van der Waals surface area (Å²) in [5.41, 5.74) is 1.47. The highest BCUT2D eigenvalue weighted by Gasteiger charge is 2.26. The second-order valence-corrected chi connectivity index (χ2v) is 5.93. The van der Waals surface area contributed by atoms with E-state index in [1.165, 1.54) is 0 Å². The van der Waals surface area contributed by atoms with Gasteiger partial charge in [0.2, 0.25) is 0 Å². The van der Waals surface area contributed by atoms with E-state index < -0.39 is 11.4 Å². The van der Waals surface area contributed by atoms with E-state index in [0.29, 0.717) is 6.42 Å². The summed E-state index contributed by atoms with van der Waals surface area (Å²) in [4.78, 5) is 17.9. The number of nitrogens with zero attached hydrogens (tertiary/aromatic N) is 2. The summed E-state index contributed by atoms with van der Waals surface area (Å²) in [7, 11) is 0. The first kappa shape index (κ1) is 16.6. The normalized spacial score (nSPS) is 11.8. The third kappa shape index (κ3) is 5.29. The molecular formula is C16H26N2O2. The fraction of sp³-hybridized carbons (Fsp3) is 0.625. The third-order valence-electron chi connectivity index (χ3n) is 3.63. The van der Waals surface area contributed by atoms with Crippen LogP contribution < -0.4 is 0 Å². The number of pyridine rings is 1. The fourth-order valence-electron chi connectivity index (χ4n) is 2.12. The molecule has 0 aliphatic carbocycles. The molecule has 4 nitrogen and oxygen atoms in total.